The summed E-state index contributed by atoms with van der Waals surface area (Å²) in [4.78, 5) is 0. The summed E-state index contributed by atoms with van der Waals surface area (Å²) in [5.41, 5.74) is 1.11. The summed E-state index contributed by atoms with van der Waals surface area (Å²) >= 11 is 3.54. The lowest BCUT2D eigenvalue weighted by molar-refractivity contribution is 0.379. The summed E-state index contributed by atoms with van der Waals surface area (Å²) in [6.45, 7) is 6.94. The van der Waals surface area contributed by atoms with Gasteiger partial charge in [-0.15, -0.1) is 6.58 Å². The zero-order chi connectivity index (χ0) is 14.3. The van der Waals surface area contributed by atoms with Gasteiger partial charge in [0.05, 0.1) is 14.2 Å². The van der Waals surface area contributed by atoms with Crippen molar-refractivity contribution in [3.63, 3.8) is 0 Å². The van der Waals surface area contributed by atoms with Crippen LogP contribution in [0.2, 0.25) is 0 Å². The molecule has 1 aromatic carbocycles. The molecule has 19 heavy (non-hydrogen) atoms. The number of halogens is 1. The minimum Gasteiger partial charge on any atom is -0.495 e. The second kappa shape index (κ2) is 8.23. The van der Waals surface area contributed by atoms with Crippen LogP contribution >= 0.6 is 15.9 Å². The number of benzene rings is 1. The SMILES string of the molecule is C=CCC(NCCC)c1ccc(OC)c(Br)c1OC. The Hall–Kier alpha value is -1.00. The Balaban J connectivity index is 3.14. The van der Waals surface area contributed by atoms with Gasteiger partial charge in [-0.3, -0.25) is 0 Å². The predicted octanol–water partition coefficient (Wildman–Crippen LogP) is 4.08. The molecule has 0 heterocycles. The van der Waals surface area contributed by atoms with Crippen LogP contribution in [0.15, 0.2) is 29.3 Å². The molecule has 1 rings (SSSR count). The van der Waals surface area contributed by atoms with E-state index < -0.39 is 0 Å². The van der Waals surface area contributed by atoms with Crippen molar-refractivity contribution in [2.24, 2.45) is 0 Å². The van der Waals surface area contributed by atoms with E-state index >= 15 is 0 Å². The quantitative estimate of drug-likeness (QED) is 0.729. The maximum Gasteiger partial charge on any atom is 0.141 e. The van der Waals surface area contributed by atoms with Crippen molar-refractivity contribution >= 4 is 15.9 Å². The van der Waals surface area contributed by atoms with Gasteiger partial charge in [0, 0.05) is 11.6 Å². The monoisotopic (exact) mass is 327 g/mol. The van der Waals surface area contributed by atoms with Crippen LogP contribution in [0.5, 0.6) is 11.5 Å². The average Bonchev–Trinajstić information content (AvgIpc) is 2.43. The first-order chi connectivity index (χ1) is 9.19. The average molecular weight is 328 g/mol. The predicted molar refractivity (Wildman–Crippen MR) is 83.1 cm³/mol. The van der Waals surface area contributed by atoms with Crippen LogP contribution in [0.4, 0.5) is 0 Å². The molecule has 1 unspecified atom stereocenters. The normalized spacial score (nSPS) is 12.0. The molecule has 0 saturated carbocycles. The van der Waals surface area contributed by atoms with E-state index in [9.17, 15) is 0 Å². The molecule has 0 aliphatic carbocycles. The highest BCUT2D eigenvalue weighted by Crippen LogP contribution is 2.40. The number of hydrogen-bond donors (Lipinski definition) is 1. The lowest BCUT2D eigenvalue weighted by atomic mass is 10.0. The van der Waals surface area contributed by atoms with Crippen molar-refractivity contribution in [2.45, 2.75) is 25.8 Å². The molecule has 0 amide bonds. The van der Waals surface area contributed by atoms with Gasteiger partial charge in [-0.05, 0) is 47.4 Å². The first kappa shape index (κ1) is 16.1. The summed E-state index contributed by atoms with van der Waals surface area (Å²) < 4.78 is 11.7. The van der Waals surface area contributed by atoms with Gasteiger partial charge in [0.25, 0.3) is 0 Å². The van der Waals surface area contributed by atoms with Gasteiger partial charge in [-0.2, -0.15) is 0 Å². The molecule has 0 radical (unpaired) electrons. The molecule has 0 fully saturated rings. The molecule has 0 bridgehead atoms. The van der Waals surface area contributed by atoms with Crippen LogP contribution in [0.25, 0.3) is 0 Å². The van der Waals surface area contributed by atoms with Gasteiger partial charge < -0.3 is 14.8 Å². The molecule has 106 valence electrons. The second-order valence-corrected chi connectivity index (χ2v) is 5.03. The molecule has 1 atom stereocenters. The molecule has 0 aliphatic rings. The first-order valence-electron chi connectivity index (χ1n) is 6.44. The first-order valence-corrected chi connectivity index (χ1v) is 7.23. The van der Waals surface area contributed by atoms with Crippen LogP contribution < -0.4 is 14.8 Å². The zero-order valence-corrected chi connectivity index (χ0v) is 13.4. The van der Waals surface area contributed by atoms with E-state index in [2.05, 4.69) is 34.7 Å². The van der Waals surface area contributed by atoms with E-state index in [0.29, 0.717) is 0 Å². The highest BCUT2D eigenvalue weighted by Gasteiger charge is 2.19. The fourth-order valence-electron chi connectivity index (χ4n) is 2.00. The Morgan fingerprint density at radius 3 is 2.63 bits per heavy atom. The van der Waals surface area contributed by atoms with Crippen molar-refractivity contribution < 1.29 is 9.47 Å². The standard InChI is InChI=1S/C15H22BrNO2/c1-5-7-12(17-10-6-2)11-8-9-13(18-3)14(16)15(11)19-4/h5,8-9,12,17H,1,6-7,10H2,2-4H3. The smallest absolute Gasteiger partial charge is 0.141 e. The Labute approximate surface area is 124 Å². The van der Waals surface area contributed by atoms with Crippen LogP contribution in [0.3, 0.4) is 0 Å². The Morgan fingerprint density at radius 1 is 1.37 bits per heavy atom. The van der Waals surface area contributed by atoms with Crippen molar-refractivity contribution in [1.82, 2.24) is 5.32 Å². The molecule has 4 heteroatoms. The van der Waals surface area contributed by atoms with E-state index in [1.807, 2.05) is 18.2 Å². The topological polar surface area (TPSA) is 30.5 Å². The van der Waals surface area contributed by atoms with E-state index in [4.69, 9.17) is 9.47 Å². The highest BCUT2D eigenvalue weighted by molar-refractivity contribution is 9.10. The van der Waals surface area contributed by atoms with Gasteiger partial charge in [0.1, 0.15) is 16.0 Å². The summed E-state index contributed by atoms with van der Waals surface area (Å²) in [5, 5.41) is 3.51. The van der Waals surface area contributed by atoms with Crippen LogP contribution in [-0.2, 0) is 0 Å². The summed E-state index contributed by atoms with van der Waals surface area (Å²) in [5.74, 6) is 1.59. The largest absolute Gasteiger partial charge is 0.495 e. The van der Waals surface area contributed by atoms with Gasteiger partial charge in [0.2, 0.25) is 0 Å². The second-order valence-electron chi connectivity index (χ2n) is 4.24. The lowest BCUT2D eigenvalue weighted by Crippen LogP contribution is -2.22. The third kappa shape index (κ3) is 3.98. The van der Waals surface area contributed by atoms with Crippen LogP contribution in [0.1, 0.15) is 31.4 Å². The Morgan fingerprint density at radius 2 is 2.11 bits per heavy atom. The third-order valence-corrected chi connectivity index (χ3v) is 3.69. The van der Waals surface area contributed by atoms with E-state index in [-0.39, 0.29) is 6.04 Å². The lowest BCUT2D eigenvalue weighted by Gasteiger charge is -2.21. The van der Waals surface area contributed by atoms with E-state index in [1.54, 1.807) is 14.2 Å². The maximum absolute atomic E-state index is 5.52. The molecule has 0 spiro atoms. The molecule has 0 aliphatic heterocycles. The fraction of sp³-hybridized carbons (Fsp3) is 0.467. The summed E-state index contributed by atoms with van der Waals surface area (Å²) in [6, 6.07) is 4.19. The summed E-state index contributed by atoms with van der Waals surface area (Å²) in [7, 11) is 3.32. The molecule has 3 nitrogen and oxygen atoms in total. The van der Waals surface area contributed by atoms with Gasteiger partial charge in [0.15, 0.2) is 0 Å². The molecule has 1 aromatic rings. The molecule has 1 N–H and O–H groups in total. The van der Waals surface area contributed by atoms with E-state index in [1.165, 1.54) is 0 Å². The number of methoxy groups -OCH3 is 2. The molecular weight excluding hydrogens is 306 g/mol. The minimum atomic E-state index is 0.203. The highest BCUT2D eigenvalue weighted by atomic mass is 79.9. The molecule has 0 saturated heterocycles. The van der Waals surface area contributed by atoms with Gasteiger partial charge in [-0.1, -0.05) is 13.0 Å². The Kier molecular flexibility index (Phi) is 6.95. The van der Waals surface area contributed by atoms with Crippen molar-refractivity contribution in [3.05, 3.63) is 34.8 Å². The van der Waals surface area contributed by atoms with Crippen molar-refractivity contribution in [1.29, 1.82) is 0 Å². The maximum atomic E-state index is 5.52. The summed E-state index contributed by atoms with van der Waals surface area (Å²) in [6.07, 6.45) is 3.87. The Bertz CT molecular complexity index is 421. The van der Waals surface area contributed by atoms with Gasteiger partial charge in [-0.25, -0.2) is 0 Å². The molecular formula is C15H22BrNO2. The number of rotatable bonds is 8. The van der Waals surface area contributed by atoms with Gasteiger partial charge >= 0.3 is 0 Å². The number of hydrogen-bond acceptors (Lipinski definition) is 3. The minimum absolute atomic E-state index is 0.203. The zero-order valence-electron chi connectivity index (χ0n) is 11.8. The van der Waals surface area contributed by atoms with Crippen LogP contribution in [-0.4, -0.2) is 20.8 Å². The number of ether oxygens (including phenoxy) is 2. The van der Waals surface area contributed by atoms with Crippen LogP contribution in [0, 0.1) is 0 Å². The fourth-order valence-corrected chi connectivity index (χ4v) is 2.68. The number of nitrogens with one attached hydrogen (secondary N) is 1. The van der Waals surface area contributed by atoms with Crippen molar-refractivity contribution in [2.75, 3.05) is 20.8 Å². The molecule has 0 aromatic heterocycles. The van der Waals surface area contributed by atoms with E-state index in [0.717, 1.165) is 40.9 Å². The van der Waals surface area contributed by atoms with Crippen molar-refractivity contribution in [3.8, 4) is 11.5 Å². The third-order valence-electron chi connectivity index (χ3n) is 2.93.